The summed E-state index contributed by atoms with van der Waals surface area (Å²) in [7, 11) is -3.64. The first-order valence-corrected chi connectivity index (χ1v) is 8.16. The van der Waals surface area contributed by atoms with Crippen molar-refractivity contribution in [3.05, 3.63) is 29.8 Å². The summed E-state index contributed by atoms with van der Waals surface area (Å²) in [5.41, 5.74) is 0.521. The van der Waals surface area contributed by atoms with Crippen molar-refractivity contribution in [1.29, 1.82) is 0 Å². The quantitative estimate of drug-likeness (QED) is 0.716. The fraction of sp³-hybridized carbons (Fsp3) is 0.500. The summed E-state index contributed by atoms with van der Waals surface area (Å²) in [6.45, 7) is 3.47. The molecule has 112 valence electrons. The Labute approximate surface area is 120 Å². The number of Topliss-reactive ketones (excluding diaryl/α,β-unsaturated/α-hetero) is 1. The van der Waals surface area contributed by atoms with E-state index in [1.807, 2.05) is 6.92 Å². The number of aliphatic hydroxyl groups excluding tert-OH is 1. The van der Waals surface area contributed by atoms with Crippen LogP contribution in [0.4, 0.5) is 0 Å². The molecule has 1 aromatic carbocycles. The number of unbranched alkanes of at least 4 members (excludes halogenated alkanes) is 1. The summed E-state index contributed by atoms with van der Waals surface area (Å²) in [6, 6.07) is 5.86. The molecule has 1 aromatic rings. The van der Waals surface area contributed by atoms with E-state index in [-0.39, 0.29) is 17.2 Å². The molecule has 0 saturated carbocycles. The monoisotopic (exact) mass is 299 g/mol. The Balaban J connectivity index is 2.77. The van der Waals surface area contributed by atoms with Crippen LogP contribution in [-0.4, -0.2) is 32.0 Å². The van der Waals surface area contributed by atoms with Gasteiger partial charge < -0.3 is 5.11 Å². The molecule has 0 bridgehead atoms. The SMILES string of the molecule is CCCCC(=O)c1ccc(S(=O)(=O)NCC(C)O)cc1. The summed E-state index contributed by atoms with van der Waals surface area (Å²) >= 11 is 0. The van der Waals surface area contributed by atoms with Gasteiger partial charge in [0.05, 0.1) is 11.0 Å². The Morgan fingerprint density at radius 1 is 1.30 bits per heavy atom. The molecular weight excluding hydrogens is 278 g/mol. The highest BCUT2D eigenvalue weighted by molar-refractivity contribution is 7.89. The van der Waals surface area contributed by atoms with Gasteiger partial charge in [-0.1, -0.05) is 25.5 Å². The summed E-state index contributed by atoms with van der Waals surface area (Å²) in [4.78, 5) is 11.9. The maximum atomic E-state index is 11.9. The van der Waals surface area contributed by atoms with Crippen molar-refractivity contribution in [3.63, 3.8) is 0 Å². The number of hydrogen-bond acceptors (Lipinski definition) is 4. The number of sulfonamides is 1. The molecule has 0 fully saturated rings. The van der Waals surface area contributed by atoms with Gasteiger partial charge in [-0.3, -0.25) is 4.79 Å². The second-order valence-electron chi connectivity index (χ2n) is 4.75. The van der Waals surface area contributed by atoms with Crippen LogP contribution in [0.5, 0.6) is 0 Å². The molecule has 0 saturated heterocycles. The first kappa shape index (κ1) is 16.8. The third-order valence-electron chi connectivity index (χ3n) is 2.81. The van der Waals surface area contributed by atoms with E-state index in [4.69, 9.17) is 5.11 Å². The smallest absolute Gasteiger partial charge is 0.240 e. The van der Waals surface area contributed by atoms with Crippen molar-refractivity contribution in [2.24, 2.45) is 0 Å². The average Bonchev–Trinajstić information content (AvgIpc) is 2.43. The van der Waals surface area contributed by atoms with Crippen molar-refractivity contribution in [1.82, 2.24) is 4.72 Å². The first-order chi connectivity index (χ1) is 9.36. The molecule has 6 heteroatoms. The van der Waals surface area contributed by atoms with Gasteiger partial charge in [-0.25, -0.2) is 13.1 Å². The largest absolute Gasteiger partial charge is 0.392 e. The number of carbonyl (C=O) groups excluding carboxylic acids is 1. The van der Waals surface area contributed by atoms with Gasteiger partial charge in [0.25, 0.3) is 0 Å². The van der Waals surface area contributed by atoms with Crippen LogP contribution in [0.3, 0.4) is 0 Å². The summed E-state index contributed by atoms with van der Waals surface area (Å²) in [5, 5.41) is 9.09. The van der Waals surface area contributed by atoms with Gasteiger partial charge in [-0.2, -0.15) is 0 Å². The number of nitrogens with one attached hydrogen (secondary N) is 1. The molecular formula is C14H21NO4S. The topological polar surface area (TPSA) is 83.5 Å². The molecule has 20 heavy (non-hydrogen) atoms. The maximum absolute atomic E-state index is 11.9. The van der Waals surface area contributed by atoms with Crippen LogP contribution in [0.2, 0.25) is 0 Å². The van der Waals surface area contributed by atoms with Crippen molar-refractivity contribution in [2.45, 2.75) is 44.1 Å². The molecule has 1 unspecified atom stereocenters. The second kappa shape index (κ2) is 7.52. The van der Waals surface area contributed by atoms with Gasteiger partial charge in [0.15, 0.2) is 5.78 Å². The maximum Gasteiger partial charge on any atom is 0.240 e. The standard InChI is InChI=1S/C14H21NO4S/c1-3-4-5-14(17)12-6-8-13(9-7-12)20(18,19)15-10-11(2)16/h6-9,11,15-16H,3-5,10H2,1-2H3. The number of ketones is 1. The van der Waals surface area contributed by atoms with Crippen LogP contribution in [0.25, 0.3) is 0 Å². The van der Waals surface area contributed by atoms with Gasteiger partial charge in [-0.05, 0) is 25.5 Å². The van der Waals surface area contributed by atoms with Gasteiger partial charge in [0, 0.05) is 18.5 Å². The predicted molar refractivity (Wildman–Crippen MR) is 77.2 cm³/mol. The van der Waals surface area contributed by atoms with E-state index < -0.39 is 16.1 Å². The Kier molecular flexibility index (Phi) is 6.32. The molecule has 1 atom stereocenters. The van der Waals surface area contributed by atoms with E-state index in [9.17, 15) is 13.2 Å². The Hall–Kier alpha value is -1.24. The third kappa shape index (κ3) is 5.03. The first-order valence-electron chi connectivity index (χ1n) is 6.68. The van der Waals surface area contributed by atoms with Crippen LogP contribution in [0.15, 0.2) is 29.2 Å². The number of carbonyl (C=O) groups is 1. The molecule has 1 rings (SSSR count). The normalized spacial score (nSPS) is 13.2. The van der Waals surface area contributed by atoms with Crippen LogP contribution in [0.1, 0.15) is 43.5 Å². The second-order valence-corrected chi connectivity index (χ2v) is 6.52. The lowest BCUT2D eigenvalue weighted by Crippen LogP contribution is -2.30. The molecule has 0 aliphatic rings. The highest BCUT2D eigenvalue weighted by atomic mass is 32.2. The number of aliphatic hydroxyl groups is 1. The minimum absolute atomic E-state index is 0.0211. The van der Waals surface area contributed by atoms with E-state index >= 15 is 0 Å². The van der Waals surface area contributed by atoms with E-state index in [1.165, 1.54) is 31.2 Å². The highest BCUT2D eigenvalue weighted by Gasteiger charge is 2.15. The van der Waals surface area contributed by atoms with Crippen LogP contribution < -0.4 is 4.72 Å². The van der Waals surface area contributed by atoms with E-state index in [0.29, 0.717) is 12.0 Å². The molecule has 2 N–H and O–H groups in total. The Bertz CT molecular complexity index is 535. The van der Waals surface area contributed by atoms with Crippen molar-refractivity contribution in [2.75, 3.05) is 6.54 Å². The summed E-state index contributed by atoms with van der Waals surface area (Å²) in [5.74, 6) is 0.0211. The van der Waals surface area contributed by atoms with E-state index in [2.05, 4.69) is 4.72 Å². The summed E-state index contributed by atoms with van der Waals surface area (Å²) < 4.78 is 26.1. The van der Waals surface area contributed by atoms with Crippen LogP contribution in [0, 0.1) is 0 Å². The van der Waals surface area contributed by atoms with Gasteiger partial charge in [0.1, 0.15) is 0 Å². The zero-order chi connectivity index (χ0) is 15.2. The van der Waals surface area contributed by atoms with Gasteiger partial charge >= 0.3 is 0 Å². The Morgan fingerprint density at radius 3 is 2.40 bits per heavy atom. The molecule has 0 radical (unpaired) electrons. The molecule has 0 aliphatic carbocycles. The lowest BCUT2D eigenvalue weighted by atomic mass is 10.1. The average molecular weight is 299 g/mol. The molecule has 0 heterocycles. The lowest BCUT2D eigenvalue weighted by Gasteiger charge is -2.08. The van der Waals surface area contributed by atoms with Gasteiger partial charge in [-0.15, -0.1) is 0 Å². The fourth-order valence-electron chi connectivity index (χ4n) is 1.62. The zero-order valence-corrected chi connectivity index (χ0v) is 12.6. The third-order valence-corrected chi connectivity index (χ3v) is 4.25. The molecule has 0 aromatic heterocycles. The fourth-order valence-corrected chi connectivity index (χ4v) is 2.74. The minimum Gasteiger partial charge on any atom is -0.392 e. The molecule has 0 amide bonds. The van der Waals surface area contributed by atoms with Crippen LogP contribution in [-0.2, 0) is 10.0 Å². The molecule has 0 spiro atoms. The Morgan fingerprint density at radius 2 is 1.90 bits per heavy atom. The lowest BCUT2D eigenvalue weighted by molar-refractivity contribution is 0.0979. The van der Waals surface area contributed by atoms with E-state index in [1.54, 1.807) is 0 Å². The number of benzene rings is 1. The van der Waals surface area contributed by atoms with Crippen LogP contribution >= 0.6 is 0 Å². The molecule has 5 nitrogen and oxygen atoms in total. The van der Waals surface area contributed by atoms with Gasteiger partial charge in [0.2, 0.25) is 10.0 Å². The van der Waals surface area contributed by atoms with E-state index in [0.717, 1.165) is 12.8 Å². The van der Waals surface area contributed by atoms with Crippen molar-refractivity contribution < 1.29 is 18.3 Å². The molecule has 0 aliphatic heterocycles. The highest BCUT2D eigenvalue weighted by Crippen LogP contribution is 2.13. The number of rotatable bonds is 8. The van der Waals surface area contributed by atoms with Crippen molar-refractivity contribution in [3.8, 4) is 0 Å². The summed E-state index contributed by atoms with van der Waals surface area (Å²) in [6.07, 6.45) is 1.50. The zero-order valence-electron chi connectivity index (χ0n) is 11.8. The number of hydrogen-bond donors (Lipinski definition) is 2. The predicted octanol–water partition coefficient (Wildman–Crippen LogP) is 1.72. The van der Waals surface area contributed by atoms with Crippen molar-refractivity contribution >= 4 is 15.8 Å². The minimum atomic E-state index is -3.64.